The number of para-hydroxylation sites is 1. The Labute approximate surface area is 120 Å². The zero-order valence-corrected chi connectivity index (χ0v) is 12.5. The number of methoxy groups -OCH3 is 1. The Balaban J connectivity index is 3.06. The maximum Gasteiger partial charge on any atom is 0.346 e. The predicted octanol–water partition coefficient (Wildman–Crippen LogP) is 1.92. The molecule has 0 aliphatic heterocycles. The summed E-state index contributed by atoms with van der Waals surface area (Å²) < 4.78 is 16.0. The summed E-state index contributed by atoms with van der Waals surface area (Å²) >= 11 is 0. The number of nitrogens with two attached hydrogens (primary N) is 1. The van der Waals surface area contributed by atoms with E-state index in [1.165, 1.54) is 7.11 Å². The molecule has 5 heteroatoms. The molecule has 2 atom stereocenters. The Hall–Kier alpha value is -1.75. The van der Waals surface area contributed by atoms with Gasteiger partial charge in [-0.15, -0.1) is 0 Å². The molecule has 0 saturated heterocycles. The molecule has 0 bridgehead atoms. The van der Waals surface area contributed by atoms with Gasteiger partial charge in [0.1, 0.15) is 0 Å². The second-order valence-corrected chi connectivity index (χ2v) is 4.64. The maximum atomic E-state index is 11.5. The Morgan fingerprint density at radius 3 is 2.60 bits per heavy atom. The third-order valence-electron chi connectivity index (χ3n) is 2.73. The highest BCUT2D eigenvalue weighted by atomic mass is 16.6. The van der Waals surface area contributed by atoms with Gasteiger partial charge in [0.2, 0.25) is 0 Å². The normalized spacial score (nSPS) is 13.4. The van der Waals surface area contributed by atoms with Gasteiger partial charge in [-0.3, -0.25) is 0 Å². The van der Waals surface area contributed by atoms with E-state index >= 15 is 0 Å². The van der Waals surface area contributed by atoms with Gasteiger partial charge in [0.15, 0.2) is 17.6 Å². The smallest absolute Gasteiger partial charge is 0.346 e. The highest BCUT2D eigenvalue weighted by molar-refractivity contribution is 5.74. The number of hydrogen-bond donors (Lipinski definition) is 1. The first-order valence-electron chi connectivity index (χ1n) is 6.74. The van der Waals surface area contributed by atoms with Gasteiger partial charge in [-0.2, -0.15) is 0 Å². The quantitative estimate of drug-likeness (QED) is 0.773. The molecule has 0 saturated carbocycles. The van der Waals surface area contributed by atoms with Crippen molar-refractivity contribution in [2.45, 2.75) is 39.3 Å². The molecule has 1 rings (SSSR count). The average Bonchev–Trinajstić information content (AvgIpc) is 2.40. The van der Waals surface area contributed by atoms with Gasteiger partial charge < -0.3 is 19.9 Å². The van der Waals surface area contributed by atoms with Crippen LogP contribution in [0, 0.1) is 0 Å². The second kappa shape index (κ2) is 7.75. The number of hydrogen-bond acceptors (Lipinski definition) is 5. The first-order valence-corrected chi connectivity index (χ1v) is 6.74. The first kappa shape index (κ1) is 16.3. The van der Waals surface area contributed by atoms with E-state index in [1.54, 1.807) is 6.92 Å². The average molecular weight is 281 g/mol. The maximum absolute atomic E-state index is 11.5. The summed E-state index contributed by atoms with van der Waals surface area (Å²) in [6.07, 6.45) is -0.0575. The van der Waals surface area contributed by atoms with Crippen molar-refractivity contribution in [3.05, 3.63) is 23.8 Å². The monoisotopic (exact) mass is 281 g/mol. The van der Waals surface area contributed by atoms with E-state index in [0.29, 0.717) is 24.5 Å². The van der Waals surface area contributed by atoms with Crippen molar-refractivity contribution in [2.24, 2.45) is 5.73 Å². The van der Waals surface area contributed by atoms with Crippen LogP contribution in [-0.2, 0) is 16.0 Å². The Morgan fingerprint density at radius 2 is 2.05 bits per heavy atom. The van der Waals surface area contributed by atoms with E-state index in [0.717, 1.165) is 5.56 Å². The number of carbonyl (C=O) groups excluding carboxylic acids is 1. The van der Waals surface area contributed by atoms with Gasteiger partial charge in [-0.05, 0) is 38.8 Å². The summed E-state index contributed by atoms with van der Waals surface area (Å²) in [5.41, 5.74) is 6.76. The molecule has 112 valence electrons. The molecule has 1 aromatic rings. The minimum absolute atomic E-state index is 0.0114. The molecular weight excluding hydrogens is 258 g/mol. The SMILES string of the molecule is CCOc1cccc(CC(C)N)c1OC(C)C(=O)OC. The van der Waals surface area contributed by atoms with Crippen molar-refractivity contribution in [1.82, 2.24) is 0 Å². The lowest BCUT2D eigenvalue weighted by molar-refractivity contribution is -0.147. The van der Waals surface area contributed by atoms with Crippen LogP contribution in [0.25, 0.3) is 0 Å². The molecule has 2 unspecified atom stereocenters. The van der Waals surface area contributed by atoms with Crippen LogP contribution in [0.2, 0.25) is 0 Å². The molecule has 0 spiro atoms. The lowest BCUT2D eigenvalue weighted by Gasteiger charge is -2.19. The second-order valence-electron chi connectivity index (χ2n) is 4.64. The molecule has 0 radical (unpaired) electrons. The molecule has 0 aromatic heterocycles. The van der Waals surface area contributed by atoms with Crippen LogP contribution in [0.1, 0.15) is 26.3 Å². The molecule has 0 amide bonds. The number of rotatable bonds is 7. The van der Waals surface area contributed by atoms with Gasteiger partial charge in [0.05, 0.1) is 13.7 Å². The Kier molecular flexibility index (Phi) is 6.31. The summed E-state index contributed by atoms with van der Waals surface area (Å²) in [7, 11) is 1.33. The highest BCUT2D eigenvalue weighted by Crippen LogP contribution is 2.33. The Bertz CT molecular complexity index is 445. The summed E-state index contributed by atoms with van der Waals surface area (Å²) in [4.78, 5) is 11.5. The molecule has 20 heavy (non-hydrogen) atoms. The van der Waals surface area contributed by atoms with Crippen molar-refractivity contribution in [3.63, 3.8) is 0 Å². The summed E-state index contributed by atoms with van der Waals surface area (Å²) in [6, 6.07) is 5.61. The van der Waals surface area contributed by atoms with Crippen LogP contribution < -0.4 is 15.2 Å². The third-order valence-corrected chi connectivity index (χ3v) is 2.73. The zero-order valence-electron chi connectivity index (χ0n) is 12.5. The van der Waals surface area contributed by atoms with Gasteiger partial charge in [-0.1, -0.05) is 12.1 Å². The topological polar surface area (TPSA) is 70.8 Å². The molecule has 0 fully saturated rings. The van der Waals surface area contributed by atoms with E-state index < -0.39 is 12.1 Å². The number of esters is 1. The number of ether oxygens (including phenoxy) is 3. The lowest BCUT2D eigenvalue weighted by Crippen LogP contribution is -2.26. The molecular formula is C15H23NO4. The fourth-order valence-electron chi connectivity index (χ4n) is 1.86. The van der Waals surface area contributed by atoms with E-state index in [1.807, 2.05) is 32.0 Å². The van der Waals surface area contributed by atoms with Crippen LogP contribution in [0.5, 0.6) is 11.5 Å². The largest absolute Gasteiger partial charge is 0.490 e. The van der Waals surface area contributed by atoms with Crippen LogP contribution in [0.3, 0.4) is 0 Å². The summed E-state index contributed by atoms with van der Waals surface area (Å²) in [6.45, 7) is 5.97. The van der Waals surface area contributed by atoms with Crippen molar-refractivity contribution in [2.75, 3.05) is 13.7 Å². The molecule has 0 aliphatic carbocycles. The lowest BCUT2D eigenvalue weighted by atomic mass is 10.1. The summed E-state index contributed by atoms with van der Waals surface area (Å²) in [5, 5.41) is 0. The zero-order chi connectivity index (χ0) is 15.1. The first-order chi connectivity index (χ1) is 9.49. The minimum Gasteiger partial charge on any atom is -0.490 e. The standard InChI is InChI=1S/C15H23NO4/c1-5-19-13-8-6-7-12(9-10(2)16)14(13)20-11(3)15(17)18-4/h6-8,10-11H,5,9,16H2,1-4H3. The van der Waals surface area contributed by atoms with Gasteiger partial charge in [0, 0.05) is 6.04 Å². The number of benzene rings is 1. The van der Waals surface area contributed by atoms with Crippen LogP contribution in [0.4, 0.5) is 0 Å². The minimum atomic E-state index is -0.701. The fraction of sp³-hybridized carbons (Fsp3) is 0.533. The Morgan fingerprint density at radius 1 is 1.35 bits per heavy atom. The molecule has 0 aliphatic rings. The van der Waals surface area contributed by atoms with Crippen LogP contribution in [-0.4, -0.2) is 31.8 Å². The highest BCUT2D eigenvalue weighted by Gasteiger charge is 2.20. The van der Waals surface area contributed by atoms with Crippen molar-refractivity contribution < 1.29 is 19.0 Å². The van der Waals surface area contributed by atoms with E-state index in [4.69, 9.17) is 15.2 Å². The predicted molar refractivity (Wildman–Crippen MR) is 77.1 cm³/mol. The number of carbonyl (C=O) groups is 1. The van der Waals surface area contributed by atoms with E-state index in [9.17, 15) is 4.79 Å². The summed E-state index contributed by atoms with van der Waals surface area (Å²) in [5.74, 6) is 0.744. The van der Waals surface area contributed by atoms with Crippen LogP contribution >= 0.6 is 0 Å². The van der Waals surface area contributed by atoms with Gasteiger partial charge in [-0.25, -0.2) is 4.79 Å². The van der Waals surface area contributed by atoms with E-state index in [2.05, 4.69) is 4.74 Å². The van der Waals surface area contributed by atoms with Crippen molar-refractivity contribution in [1.29, 1.82) is 0 Å². The third kappa shape index (κ3) is 4.42. The van der Waals surface area contributed by atoms with Gasteiger partial charge >= 0.3 is 5.97 Å². The van der Waals surface area contributed by atoms with Crippen molar-refractivity contribution in [3.8, 4) is 11.5 Å². The molecule has 0 heterocycles. The van der Waals surface area contributed by atoms with Gasteiger partial charge in [0.25, 0.3) is 0 Å². The molecule has 1 aromatic carbocycles. The van der Waals surface area contributed by atoms with Crippen LogP contribution in [0.15, 0.2) is 18.2 Å². The van der Waals surface area contributed by atoms with Crippen molar-refractivity contribution >= 4 is 5.97 Å². The molecule has 5 nitrogen and oxygen atoms in total. The fourth-order valence-corrected chi connectivity index (χ4v) is 1.86. The molecule has 2 N–H and O–H groups in total. The van der Waals surface area contributed by atoms with E-state index in [-0.39, 0.29) is 6.04 Å².